The number of anilines is 2. The zero-order valence-electron chi connectivity index (χ0n) is 17.4. The number of hydrogen-bond donors (Lipinski definition) is 2. The van der Waals surface area contributed by atoms with Crippen molar-refractivity contribution in [2.45, 2.75) is 52.4 Å². The molecule has 2 rings (SSSR count). The summed E-state index contributed by atoms with van der Waals surface area (Å²) in [4.78, 5) is 1.13. The van der Waals surface area contributed by atoms with Crippen molar-refractivity contribution in [1.29, 1.82) is 0 Å². The molecule has 0 aliphatic rings. The standard InChI is InChI=1S/2C11H12F2NS.Ti/c2*1-2-3-4-11(15)14-10-6-5-8(12)7-9(10)13;/h2*5-6H,2-4H2,1H3,(H,14,15);/q2*-1;+2. The summed E-state index contributed by atoms with van der Waals surface area (Å²) in [7, 11) is 0. The fraction of sp³-hybridized carbons (Fsp3) is 0.364. The molecule has 0 aliphatic heterocycles. The van der Waals surface area contributed by atoms with Gasteiger partial charge >= 0.3 is 21.7 Å². The molecule has 0 spiro atoms. The van der Waals surface area contributed by atoms with E-state index < -0.39 is 23.3 Å². The first kappa shape index (κ1) is 29.7. The van der Waals surface area contributed by atoms with Gasteiger partial charge in [-0.25, -0.2) is 17.6 Å². The van der Waals surface area contributed by atoms with Gasteiger partial charge in [-0.3, -0.25) is 0 Å². The third-order valence-electron chi connectivity index (χ3n) is 3.79. The van der Waals surface area contributed by atoms with E-state index in [2.05, 4.69) is 24.5 Å². The van der Waals surface area contributed by atoms with E-state index in [1.54, 1.807) is 0 Å². The van der Waals surface area contributed by atoms with Crippen LogP contribution < -0.4 is 10.6 Å². The molecule has 9 heteroatoms. The molecule has 0 saturated carbocycles. The van der Waals surface area contributed by atoms with Crippen LogP contribution in [-0.4, -0.2) is 9.98 Å². The maximum atomic E-state index is 13.1. The van der Waals surface area contributed by atoms with Gasteiger partial charge in [0.15, 0.2) is 0 Å². The second kappa shape index (κ2) is 16.3. The second-order valence-electron chi connectivity index (χ2n) is 6.37. The summed E-state index contributed by atoms with van der Waals surface area (Å²) in [6, 6.07) is 8.82. The van der Waals surface area contributed by atoms with Crippen molar-refractivity contribution in [3.63, 3.8) is 0 Å². The minimum Gasteiger partial charge on any atom is -0.400 e. The number of halogens is 4. The molecule has 2 nitrogen and oxygen atoms in total. The molecular formula is C22H24F4N2S2Ti. The summed E-state index contributed by atoms with van der Waals surface area (Å²) in [5.41, 5.74) is 0.356. The first-order valence-electron chi connectivity index (χ1n) is 9.61. The Kier molecular flexibility index (Phi) is 15.6. The summed E-state index contributed by atoms with van der Waals surface area (Å²) in [6.07, 6.45) is 5.39. The molecule has 2 aromatic carbocycles. The van der Waals surface area contributed by atoms with Crippen LogP contribution in [0.15, 0.2) is 24.3 Å². The molecule has 166 valence electrons. The van der Waals surface area contributed by atoms with Crippen molar-refractivity contribution in [3.8, 4) is 0 Å². The topological polar surface area (TPSA) is 24.1 Å². The van der Waals surface area contributed by atoms with E-state index in [1.165, 1.54) is 12.1 Å². The molecule has 0 saturated heterocycles. The summed E-state index contributed by atoms with van der Waals surface area (Å²) in [5.74, 6) is -2.90. The average Bonchev–Trinajstić information content (AvgIpc) is 2.69. The molecule has 0 heterocycles. The van der Waals surface area contributed by atoms with E-state index in [0.717, 1.165) is 37.8 Å². The minimum absolute atomic E-state index is 0. The molecule has 0 radical (unpaired) electrons. The third kappa shape index (κ3) is 12.3. The molecule has 0 unspecified atom stereocenters. The van der Waals surface area contributed by atoms with Crippen LogP contribution in [0.5, 0.6) is 0 Å². The Morgan fingerprint density at radius 3 is 1.39 bits per heavy atom. The third-order valence-corrected chi connectivity index (χ3v) is 4.40. The first-order chi connectivity index (χ1) is 14.3. The van der Waals surface area contributed by atoms with Crippen molar-refractivity contribution in [1.82, 2.24) is 0 Å². The zero-order chi connectivity index (χ0) is 22.5. The molecular weight excluding hydrogens is 480 g/mol. The van der Waals surface area contributed by atoms with Crippen LogP contribution in [0.4, 0.5) is 28.9 Å². The number of hydrogen-bond acceptors (Lipinski definition) is 2. The molecule has 0 fully saturated rings. The Bertz CT molecular complexity index is 781. The molecule has 2 N–H and O–H groups in total. The smallest absolute Gasteiger partial charge is 0.400 e. The molecule has 0 atom stereocenters. The molecule has 31 heavy (non-hydrogen) atoms. The first-order valence-corrected chi connectivity index (χ1v) is 10.4. The van der Waals surface area contributed by atoms with Crippen molar-refractivity contribution in [2.75, 3.05) is 10.6 Å². The van der Waals surface area contributed by atoms with Gasteiger partial charge in [0.25, 0.3) is 0 Å². The Hall–Kier alpha value is -1.35. The van der Waals surface area contributed by atoms with Crippen LogP contribution in [0.3, 0.4) is 0 Å². The largest absolute Gasteiger partial charge is 2.00 e. The Balaban J connectivity index is 0.000000562. The predicted molar refractivity (Wildman–Crippen MR) is 122 cm³/mol. The predicted octanol–water partition coefficient (Wildman–Crippen LogP) is 7.39. The average molecular weight is 504 g/mol. The SMILES string of the molecule is CCCCC(=S)Nc1ccc(F)[c-]c1F.CCCCC(=S)Nc1ccc(F)[c-]c1F.[Ti+2]. The minimum atomic E-state index is -0.742. The second-order valence-corrected chi connectivity index (χ2v) is 7.36. The van der Waals surface area contributed by atoms with E-state index >= 15 is 0 Å². The van der Waals surface area contributed by atoms with Gasteiger partial charge in [-0.1, -0.05) is 51.1 Å². The maximum Gasteiger partial charge on any atom is 2.00 e. The van der Waals surface area contributed by atoms with Gasteiger partial charge in [-0.05, 0) is 37.1 Å². The summed E-state index contributed by atoms with van der Waals surface area (Å²) < 4.78 is 51.3. The van der Waals surface area contributed by atoms with Crippen molar-refractivity contribution in [2.24, 2.45) is 0 Å². The summed E-state index contributed by atoms with van der Waals surface area (Å²) in [6.45, 7) is 4.10. The number of thiocarbonyl (C=S) groups is 2. The fourth-order valence-electron chi connectivity index (χ4n) is 2.18. The zero-order valence-corrected chi connectivity index (χ0v) is 20.6. The number of unbranched alkanes of at least 4 members (excludes halogenated alkanes) is 2. The van der Waals surface area contributed by atoms with Crippen molar-refractivity contribution >= 4 is 45.8 Å². The van der Waals surface area contributed by atoms with Crippen molar-refractivity contribution in [3.05, 3.63) is 59.7 Å². The normalized spacial score (nSPS) is 9.74. The van der Waals surface area contributed by atoms with Gasteiger partial charge in [0.1, 0.15) is 0 Å². The van der Waals surface area contributed by atoms with Crippen molar-refractivity contribution < 1.29 is 39.3 Å². The van der Waals surface area contributed by atoms with Crippen LogP contribution >= 0.6 is 24.4 Å². The van der Waals surface area contributed by atoms with Crippen LogP contribution in [0.2, 0.25) is 0 Å². The Labute approximate surface area is 207 Å². The Morgan fingerprint density at radius 2 is 1.10 bits per heavy atom. The quantitative estimate of drug-likeness (QED) is 0.170. The van der Waals surface area contributed by atoms with Crippen LogP contribution in [-0.2, 0) is 21.7 Å². The van der Waals surface area contributed by atoms with E-state index in [1.807, 2.05) is 12.1 Å². The van der Waals surface area contributed by atoms with Gasteiger partial charge in [0.05, 0.1) is 9.98 Å². The number of benzene rings is 2. The van der Waals surface area contributed by atoms with E-state index in [-0.39, 0.29) is 33.1 Å². The Morgan fingerprint density at radius 1 is 0.742 bits per heavy atom. The van der Waals surface area contributed by atoms with Crippen LogP contribution in [0.1, 0.15) is 52.4 Å². The van der Waals surface area contributed by atoms with E-state index in [0.29, 0.717) is 22.8 Å². The summed E-state index contributed by atoms with van der Waals surface area (Å²) >= 11 is 10.0. The monoisotopic (exact) mass is 504 g/mol. The number of nitrogens with one attached hydrogen (secondary N) is 2. The molecule has 2 aromatic rings. The maximum absolute atomic E-state index is 13.1. The van der Waals surface area contributed by atoms with Crippen LogP contribution in [0, 0.1) is 35.4 Å². The van der Waals surface area contributed by atoms with Crippen LogP contribution in [0.25, 0.3) is 0 Å². The molecule has 0 bridgehead atoms. The number of rotatable bonds is 8. The molecule has 0 amide bonds. The fourth-order valence-corrected chi connectivity index (χ4v) is 2.69. The summed E-state index contributed by atoms with van der Waals surface area (Å²) in [5, 5.41) is 5.46. The van der Waals surface area contributed by atoms with Gasteiger partial charge < -0.3 is 10.6 Å². The van der Waals surface area contributed by atoms with Gasteiger partial charge in [-0.2, -0.15) is 0 Å². The van der Waals surface area contributed by atoms with E-state index in [9.17, 15) is 17.6 Å². The molecule has 0 aliphatic carbocycles. The van der Waals surface area contributed by atoms with E-state index in [4.69, 9.17) is 24.4 Å². The van der Waals surface area contributed by atoms with Gasteiger partial charge in [-0.15, -0.1) is 36.4 Å². The molecule has 0 aromatic heterocycles. The van der Waals surface area contributed by atoms with Gasteiger partial charge in [0, 0.05) is 23.3 Å². The van der Waals surface area contributed by atoms with Gasteiger partial charge in [0.2, 0.25) is 0 Å².